The molecule has 21 heavy (non-hydrogen) atoms. The van der Waals surface area contributed by atoms with Crippen molar-refractivity contribution in [3.05, 3.63) is 0 Å². The van der Waals surface area contributed by atoms with Crippen molar-refractivity contribution >= 4 is 17.8 Å². The number of likely N-dealkylation sites (N-methyl/N-ethyl adjacent to an activating group) is 1. The van der Waals surface area contributed by atoms with E-state index in [4.69, 9.17) is 4.98 Å². The fourth-order valence-corrected chi connectivity index (χ4v) is 2.85. The van der Waals surface area contributed by atoms with Crippen molar-refractivity contribution in [2.24, 2.45) is 0 Å². The van der Waals surface area contributed by atoms with Crippen molar-refractivity contribution in [2.45, 2.75) is 19.3 Å². The maximum absolute atomic E-state index is 4.72. The van der Waals surface area contributed by atoms with Crippen LogP contribution in [0.25, 0.3) is 0 Å². The minimum Gasteiger partial charge on any atom is -0.357 e. The molecule has 1 aromatic rings. The van der Waals surface area contributed by atoms with Gasteiger partial charge in [0.25, 0.3) is 0 Å². The van der Waals surface area contributed by atoms with Crippen LogP contribution in [0.4, 0.5) is 17.8 Å². The fraction of sp³-hybridized carbons (Fsp3) is 0.786. The Balaban J connectivity index is 1.82. The van der Waals surface area contributed by atoms with Crippen molar-refractivity contribution in [3.8, 4) is 0 Å². The monoisotopic (exact) mass is 291 g/mol. The number of hydrogen-bond acceptors (Lipinski definition) is 7. The Labute approximate surface area is 126 Å². The Morgan fingerprint density at radius 1 is 0.762 bits per heavy atom. The van der Waals surface area contributed by atoms with Gasteiger partial charge in [-0.15, -0.1) is 0 Å². The summed E-state index contributed by atoms with van der Waals surface area (Å²) in [7, 11) is 4.02. The molecule has 1 N–H and O–H groups in total. The maximum Gasteiger partial charge on any atom is 0.232 e. The second kappa shape index (κ2) is 6.43. The molecule has 3 heterocycles. The zero-order valence-electron chi connectivity index (χ0n) is 13.0. The summed E-state index contributed by atoms with van der Waals surface area (Å²) in [6, 6.07) is 0. The molecule has 0 atom stereocenters. The van der Waals surface area contributed by atoms with Crippen LogP contribution in [-0.2, 0) is 0 Å². The van der Waals surface area contributed by atoms with Crippen molar-refractivity contribution in [1.29, 1.82) is 0 Å². The van der Waals surface area contributed by atoms with Crippen LogP contribution in [-0.4, -0.2) is 73.2 Å². The van der Waals surface area contributed by atoms with Gasteiger partial charge in [0, 0.05) is 46.3 Å². The number of nitrogens with zero attached hydrogens (tertiary/aromatic N) is 6. The molecule has 1 aromatic heterocycles. The Bertz CT molecular complexity index is 464. The van der Waals surface area contributed by atoms with Crippen LogP contribution in [0.5, 0.6) is 0 Å². The molecule has 0 aliphatic carbocycles. The van der Waals surface area contributed by atoms with Gasteiger partial charge in [-0.3, -0.25) is 0 Å². The van der Waals surface area contributed by atoms with Gasteiger partial charge in [-0.1, -0.05) is 0 Å². The van der Waals surface area contributed by atoms with Crippen LogP contribution in [0.2, 0.25) is 0 Å². The molecule has 0 amide bonds. The molecule has 2 aliphatic rings. The van der Waals surface area contributed by atoms with Gasteiger partial charge >= 0.3 is 0 Å². The van der Waals surface area contributed by atoms with Crippen LogP contribution in [0.1, 0.15) is 19.3 Å². The Kier molecular flexibility index (Phi) is 4.38. The van der Waals surface area contributed by atoms with Crippen LogP contribution < -0.4 is 15.1 Å². The molecule has 7 heteroatoms. The third-order valence-corrected chi connectivity index (χ3v) is 4.26. The number of anilines is 3. The van der Waals surface area contributed by atoms with E-state index in [-0.39, 0.29) is 0 Å². The van der Waals surface area contributed by atoms with Gasteiger partial charge in [0.15, 0.2) is 0 Å². The molecule has 3 rings (SSSR count). The second-order valence-electron chi connectivity index (χ2n) is 5.85. The van der Waals surface area contributed by atoms with E-state index >= 15 is 0 Å². The van der Waals surface area contributed by atoms with E-state index in [1.807, 2.05) is 7.05 Å². The molecule has 2 saturated heterocycles. The standard InChI is InChI=1S/C14H25N7/c1-15-12-16-13(20-6-4-3-5-7-20)18-14(17-12)21-10-8-19(2)9-11-21/h3-11H2,1-2H3,(H,15,16,17,18). The number of rotatable bonds is 3. The third-order valence-electron chi connectivity index (χ3n) is 4.26. The lowest BCUT2D eigenvalue weighted by atomic mass is 10.1. The minimum absolute atomic E-state index is 0.666. The predicted molar refractivity (Wildman–Crippen MR) is 85.1 cm³/mol. The van der Waals surface area contributed by atoms with E-state index in [2.05, 4.69) is 37.0 Å². The zero-order chi connectivity index (χ0) is 14.7. The van der Waals surface area contributed by atoms with Crippen LogP contribution >= 0.6 is 0 Å². The number of piperazine rings is 1. The lowest BCUT2D eigenvalue weighted by Crippen LogP contribution is -2.45. The molecule has 0 bridgehead atoms. The highest BCUT2D eigenvalue weighted by atomic mass is 15.4. The smallest absolute Gasteiger partial charge is 0.232 e. The van der Waals surface area contributed by atoms with Gasteiger partial charge < -0.3 is 20.0 Å². The van der Waals surface area contributed by atoms with Crippen molar-refractivity contribution in [3.63, 3.8) is 0 Å². The molecule has 2 fully saturated rings. The summed E-state index contributed by atoms with van der Waals surface area (Å²) in [6.07, 6.45) is 3.76. The molecule has 2 aliphatic heterocycles. The van der Waals surface area contributed by atoms with E-state index in [9.17, 15) is 0 Å². The zero-order valence-corrected chi connectivity index (χ0v) is 13.0. The van der Waals surface area contributed by atoms with Gasteiger partial charge in [0.1, 0.15) is 0 Å². The molecule has 0 spiro atoms. The molecule has 0 unspecified atom stereocenters. The van der Waals surface area contributed by atoms with Gasteiger partial charge in [0.2, 0.25) is 17.8 Å². The first-order chi connectivity index (χ1) is 10.3. The molecule has 0 aromatic carbocycles. The molecule has 116 valence electrons. The van der Waals surface area contributed by atoms with Gasteiger partial charge in [-0.05, 0) is 26.3 Å². The topological polar surface area (TPSA) is 60.4 Å². The highest BCUT2D eigenvalue weighted by molar-refractivity contribution is 5.45. The summed E-state index contributed by atoms with van der Waals surface area (Å²) in [5, 5.41) is 3.07. The maximum atomic E-state index is 4.72. The molecular formula is C14H25N7. The molecule has 7 nitrogen and oxygen atoms in total. The van der Waals surface area contributed by atoms with Crippen LogP contribution in [0.15, 0.2) is 0 Å². The number of aromatic nitrogens is 3. The average molecular weight is 291 g/mol. The quantitative estimate of drug-likeness (QED) is 0.877. The highest BCUT2D eigenvalue weighted by Gasteiger charge is 2.21. The van der Waals surface area contributed by atoms with Gasteiger partial charge in [-0.2, -0.15) is 15.0 Å². The van der Waals surface area contributed by atoms with Crippen LogP contribution in [0, 0.1) is 0 Å². The number of hydrogen-bond donors (Lipinski definition) is 1. The normalized spacial score (nSPS) is 20.7. The van der Waals surface area contributed by atoms with Gasteiger partial charge in [0.05, 0.1) is 0 Å². The molecule has 0 saturated carbocycles. The number of piperidine rings is 1. The summed E-state index contributed by atoms with van der Waals surface area (Å²) >= 11 is 0. The highest BCUT2D eigenvalue weighted by Crippen LogP contribution is 2.20. The van der Waals surface area contributed by atoms with E-state index in [1.54, 1.807) is 0 Å². The summed E-state index contributed by atoms with van der Waals surface area (Å²) in [5.41, 5.74) is 0. The lowest BCUT2D eigenvalue weighted by molar-refractivity contribution is 0.311. The van der Waals surface area contributed by atoms with E-state index in [1.165, 1.54) is 19.3 Å². The summed E-state index contributed by atoms with van der Waals surface area (Å²) in [5.74, 6) is 2.30. The first kappa shape index (κ1) is 14.3. The Morgan fingerprint density at radius 3 is 1.90 bits per heavy atom. The van der Waals surface area contributed by atoms with Gasteiger partial charge in [-0.25, -0.2) is 0 Å². The third kappa shape index (κ3) is 3.34. The van der Waals surface area contributed by atoms with Crippen molar-refractivity contribution in [1.82, 2.24) is 19.9 Å². The van der Waals surface area contributed by atoms with E-state index in [0.717, 1.165) is 51.2 Å². The predicted octanol–water partition coefficient (Wildman–Crippen LogP) is 0.655. The number of nitrogens with one attached hydrogen (secondary N) is 1. The van der Waals surface area contributed by atoms with E-state index in [0.29, 0.717) is 5.95 Å². The lowest BCUT2D eigenvalue weighted by Gasteiger charge is -2.33. The summed E-state index contributed by atoms with van der Waals surface area (Å²) < 4.78 is 0. The van der Waals surface area contributed by atoms with E-state index < -0.39 is 0 Å². The Morgan fingerprint density at radius 2 is 1.33 bits per heavy atom. The van der Waals surface area contributed by atoms with Crippen molar-refractivity contribution in [2.75, 3.05) is 68.5 Å². The SMILES string of the molecule is CNc1nc(N2CCCCC2)nc(N2CCN(C)CC2)n1. The summed E-state index contributed by atoms with van der Waals surface area (Å²) in [4.78, 5) is 20.7. The summed E-state index contributed by atoms with van der Waals surface area (Å²) in [6.45, 7) is 6.16. The molecular weight excluding hydrogens is 266 g/mol. The van der Waals surface area contributed by atoms with Crippen LogP contribution in [0.3, 0.4) is 0 Å². The second-order valence-corrected chi connectivity index (χ2v) is 5.85. The minimum atomic E-state index is 0.666. The molecule has 0 radical (unpaired) electrons. The first-order valence-corrected chi connectivity index (χ1v) is 7.88. The largest absolute Gasteiger partial charge is 0.357 e. The average Bonchev–Trinajstić information content (AvgIpc) is 2.56. The van der Waals surface area contributed by atoms with Crippen molar-refractivity contribution < 1.29 is 0 Å². The fourth-order valence-electron chi connectivity index (χ4n) is 2.85. The Hall–Kier alpha value is -1.63. The first-order valence-electron chi connectivity index (χ1n) is 7.88.